The molecule has 0 heterocycles. The molecule has 4 nitrogen and oxygen atoms in total. The van der Waals surface area contributed by atoms with Crippen molar-refractivity contribution in [2.45, 2.75) is 13.0 Å². The molecule has 0 aromatic rings. The van der Waals surface area contributed by atoms with Gasteiger partial charge in [0.2, 0.25) is 0 Å². The van der Waals surface area contributed by atoms with Crippen molar-refractivity contribution in [3.8, 4) is 0 Å². The zero-order valence-corrected chi connectivity index (χ0v) is 7.78. The van der Waals surface area contributed by atoms with Crippen LogP contribution in [0.2, 0.25) is 0 Å². The first kappa shape index (κ1) is 9.58. The van der Waals surface area contributed by atoms with Crippen LogP contribution in [0.5, 0.6) is 0 Å². The minimum atomic E-state index is -0.697. The fourth-order valence-corrected chi connectivity index (χ4v) is 1.07. The summed E-state index contributed by atoms with van der Waals surface area (Å²) < 4.78 is 4.65. The van der Waals surface area contributed by atoms with E-state index in [2.05, 4.69) is 8.06 Å². The van der Waals surface area contributed by atoms with Crippen molar-refractivity contribution in [1.82, 2.24) is 0 Å². The number of isocyanates is 1. The number of carbonyl (C=O) groups excluding carboxylic acids is 2. The van der Waals surface area contributed by atoms with Gasteiger partial charge in [-0.2, -0.15) is 0 Å². The molecule has 0 amide bonds. The molecule has 0 aliphatic rings. The number of halogens is 1. The Bertz CT molecular complexity index is 164. The van der Waals surface area contributed by atoms with Gasteiger partial charge in [0.1, 0.15) is 0 Å². The Kier molecular flexibility index (Phi) is 5.15. The van der Waals surface area contributed by atoms with Crippen molar-refractivity contribution in [2.75, 3.05) is 4.93 Å². The van der Waals surface area contributed by atoms with E-state index in [9.17, 15) is 9.59 Å². The van der Waals surface area contributed by atoms with Crippen LogP contribution in [-0.4, -0.2) is 23.0 Å². The molecule has 58 valence electrons. The van der Waals surface area contributed by atoms with Crippen LogP contribution in [0, 0.1) is 0 Å². The summed E-state index contributed by atoms with van der Waals surface area (Å²) in [5.41, 5.74) is 0. The van der Waals surface area contributed by atoms with Gasteiger partial charge >= 0.3 is 69.2 Å². The van der Waals surface area contributed by atoms with E-state index in [0.29, 0.717) is 0 Å². The average molecular weight is 256 g/mol. The molecular formula is C5H7INO3-. The summed E-state index contributed by atoms with van der Waals surface area (Å²) in [6, 6.07) is -0.697. The van der Waals surface area contributed by atoms with E-state index in [4.69, 9.17) is 0 Å². The van der Waals surface area contributed by atoms with E-state index < -0.39 is 33.6 Å². The van der Waals surface area contributed by atoms with E-state index >= 15 is 0 Å². The van der Waals surface area contributed by atoms with Gasteiger partial charge < -0.3 is 0 Å². The van der Waals surface area contributed by atoms with Crippen LogP contribution in [0.3, 0.4) is 0 Å². The van der Waals surface area contributed by atoms with E-state index in [1.807, 2.05) is 0 Å². The quantitative estimate of drug-likeness (QED) is 0.232. The van der Waals surface area contributed by atoms with Gasteiger partial charge in [0.05, 0.1) is 0 Å². The van der Waals surface area contributed by atoms with Gasteiger partial charge in [-0.05, 0) is 0 Å². The molecule has 0 aromatic carbocycles. The number of rotatable bonds is 3. The number of nitrogens with zero attached hydrogens (tertiary/aromatic N) is 1. The fraction of sp³-hybridized carbons (Fsp3) is 0.600. The Morgan fingerprint density at radius 1 is 1.80 bits per heavy atom. The summed E-state index contributed by atoms with van der Waals surface area (Å²) in [6.45, 7) is 1.49. The molecule has 0 saturated heterocycles. The molecule has 0 rings (SSSR count). The SMILES string of the molecule is C[I-]OC(=O)C(C)N=C=O. The van der Waals surface area contributed by atoms with E-state index in [-0.39, 0.29) is 0 Å². The molecule has 1 unspecified atom stereocenters. The van der Waals surface area contributed by atoms with Crippen molar-refractivity contribution >= 4 is 12.0 Å². The summed E-state index contributed by atoms with van der Waals surface area (Å²) in [5.74, 6) is -0.446. The van der Waals surface area contributed by atoms with Crippen molar-refractivity contribution < 1.29 is 34.3 Å². The van der Waals surface area contributed by atoms with Crippen LogP contribution in [0.25, 0.3) is 0 Å². The van der Waals surface area contributed by atoms with Crippen molar-refractivity contribution in [3.05, 3.63) is 0 Å². The molecule has 0 radical (unpaired) electrons. The van der Waals surface area contributed by atoms with Crippen LogP contribution in [0.1, 0.15) is 6.92 Å². The summed E-state index contributed by atoms with van der Waals surface area (Å²) in [6.07, 6.45) is 1.29. The first-order valence-corrected chi connectivity index (χ1v) is 5.53. The Morgan fingerprint density at radius 2 is 2.40 bits per heavy atom. The predicted molar refractivity (Wildman–Crippen MR) is 29.6 cm³/mol. The predicted octanol–water partition coefficient (Wildman–Crippen LogP) is -3.11. The molecule has 0 aliphatic heterocycles. The third-order valence-electron chi connectivity index (χ3n) is 0.741. The summed E-state index contributed by atoms with van der Waals surface area (Å²) in [7, 11) is 0. The molecule has 0 aliphatic carbocycles. The Hall–Kier alpha value is -0.420. The van der Waals surface area contributed by atoms with Crippen LogP contribution in [0.4, 0.5) is 0 Å². The minimum absolute atomic E-state index is 0.446. The molecule has 0 spiro atoms. The summed E-state index contributed by atoms with van der Waals surface area (Å²) >= 11 is -0.517. The molecule has 0 aromatic heterocycles. The monoisotopic (exact) mass is 256 g/mol. The molecule has 0 N–H and O–H groups in total. The first-order chi connectivity index (χ1) is 4.72. The molecular weight excluding hydrogens is 249 g/mol. The number of hydrogen-bond donors (Lipinski definition) is 0. The maximum atomic E-state index is 10.7. The van der Waals surface area contributed by atoms with E-state index in [0.717, 1.165) is 0 Å². The Morgan fingerprint density at radius 3 is 2.80 bits per heavy atom. The van der Waals surface area contributed by atoms with Gasteiger partial charge in [-0.1, -0.05) is 0 Å². The standard InChI is InChI=1S/C5H7INO3/c1-4(7-3-8)5(9)10-6-2/h4H,1-2H3/q-1. The van der Waals surface area contributed by atoms with Gasteiger partial charge in [-0.15, -0.1) is 0 Å². The second-order valence-corrected chi connectivity index (χ2v) is 2.77. The van der Waals surface area contributed by atoms with E-state index in [1.54, 1.807) is 4.93 Å². The van der Waals surface area contributed by atoms with Gasteiger partial charge in [-0.25, -0.2) is 0 Å². The van der Waals surface area contributed by atoms with Crippen molar-refractivity contribution in [1.29, 1.82) is 0 Å². The van der Waals surface area contributed by atoms with Gasteiger partial charge in [-0.3, -0.25) is 0 Å². The first-order valence-electron chi connectivity index (χ1n) is 2.49. The van der Waals surface area contributed by atoms with Gasteiger partial charge in [0, 0.05) is 0 Å². The molecule has 1 atom stereocenters. The van der Waals surface area contributed by atoms with Crippen LogP contribution in [0.15, 0.2) is 4.99 Å². The second-order valence-electron chi connectivity index (χ2n) is 1.45. The second kappa shape index (κ2) is 5.37. The molecule has 0 saturated carbocycles. The third-order valence-corrected chi connectivity index (χ3v) is 1.62. The number of hydrogen-bond acceptors (Lipinski definition) is 4. The number of alkyl halides is 1. The van der Waals surface area contributed by atoms with E-state index in [1.165, 1.54) is 13.0 Å². The summed E-state index contributed by atoms with van der Waals surface area (Å²) in [5, 5.41) is 0. The van der Waals surface area contributed by atoms with Crippen LogP contribution >= 0.6 is 0 Å². The average Bonchev–Trinajstić information content (AvgIpc) is 1.89. The molecule has 0 fully saturated rings. The van der Waals surface area contributed by atoms with Gasteiger partial charge in [0.15, 0.2) is 0 Å². The fourth-order valence-electron chi connectivity index (χ4n) is 0.272. The third kappa shape index (κ3) is 3.58. The topological polar surface area (TPSA) is 55.7 Å². The maximum absolute atomic E-state index is 10.7. The van der Waals surface area contributed by atoms with Crippen molar-refractivity contribution in [3.63, 3.8) is 0 Å². The number of carbonyl (C=O) groups is 1. The molecule has 5 heteroatoms. The van der Waals surface area contributed by atoms with Crippen molar-refractivity contribution in [2.24, 2.45) is 4.99 Å². The molecule has 0 bridgehead atoms. The normalized spacial score (nSPS) is 11.8. The Labute approximate surface area is 69.5 Å². The number of aliphatic imine (C=N–C) groups is 1. The summed E-state index contributed by atoms with van der Waals surface area (Å²) in [4.78, 5) is 25.3. The molecule has 10 heavy (non-hydrogen) atoms. The zero-order chi connectivity index (χ0) is 7.98. The van der Waals surface area contributed by atoms with Crippen LogP contribution in [-0.2, 0) is 12.7 Å². The van der Waals surface area contributed by atoms with Gasteiger partial charge in [0.25, 0.3) is 0 Å². The zero-order valence-electron chi connectivity index (χ0n) is 5.63. The van der Waals surface area contributed by atoms with Crippen LogP contribution < -0.4 is 21.6 Å². The Balaban J connectivity index is 3.81.